The number of non-ortho nitro benzene ring substituents is 1. The molecule has 0 aliphatic heterocycles. The van der Waals surface area contributed by atoms with Crippen molar-refractivity contribution < 1.29 is 18.6 Å². The Morgan fingerprint density at radius 3 is 2.79 bits per heavy atom. The number of anilines is 1. The maximum absolute atomic E-state index is 12.1. The van der Waals surface area contributed by atoms with Gasteiger partial charge in [0.05, 0.1) is 22.6 Å². The second kappa shape index (κ2) is 8.24. The lowest BCUT2D eigenvalue weighted by atomic mass is 10.1. The summed E-state index contributed by atoms with van der Waals surface area (Å²) in [4.78, 5) is 26.7. The van der Waals surface area contributed by atoms with Crippen molar-refractivity contribution in [2.75, 3.05) is 11.1 Å². The highest BCUT2D eigenvalue weighted by atomic mass is 32.2. The number of rotatable bonds is 7. The second-order valence-electron chi connectivity index (χ2n) is 5.53. The molecule has 0 saturated heterocycles. The Labute approximate surface area is 171 Å². The smallest absolute Gasteiger partial charge is 0.284 e. The van der Waals surface area contributed by atoms with Crippen molar-refractivity contribution in [2.24, 2.45) is 0 Å². The largest absolute Gasteiger partial charge is 0.459 e. The van der Waals surface area contributed by atoms with Gasteiger partial charge in [-0.25, -0.2) is 4.98 Å². The number of nitrogens with zero attached hydrogens (tertiary/aromatic N) is 4. The van der Waals surface area contributed by atoms with Crippen molar-refractivity contribution in [1.82, 2.24) is 15.2 Å². The highest BCUT2D eigenvalue weighted by Crippen LogP contribution is 2.27. The number of carbonyl (C=O) groups excluding carboxylic acids is 1. The van der Waals surface area contributed by atoms with E-state index in [1.165, 1.54) is 29.7 Å². The predicted octanol–water partition coefficient (Wildman–Crippen LogP) is 4.09. The molecule has 3 heterocycles. The van der Waals surface area contributed by atoms with Crippen LogP contribution in [-0.2, 0) is 4.79 Å². The number of nitrogens with one attached hydrogen (secondary N) is 1. The van der Waals surface area contributed by atoms with Gasteiger partial charge in [0.2, 0.25) is 5.91 Å². The lowest BCUT2D eigenvalue weighted by Crippen LogP contribution is -2.13. The molecule has 12 heteroatoms. The molecule has 3 aromatic heterocycles. The van der Waals surface area contributed by atoms with Crippen LogP contribution in [0.4, 0.5) is 10.8 Å². The monoisotopic (exact) mass is 429 g/mol. The maximum Gasteiger partial charge on any atom is 0.284 e. The number of thiazole rings is 1. The molecule has 0 radical (unpaired) electrons. The van der Waals surface area contributed by atoms with E-state index in [2.05, 4.69) is 20.5 Å². The highest BCUT2D eigenvalue weighted by molar-refractivity contribution is 7.99. The molecule has 4 aromatic rings. The fraction of sp³-hybridized carbons (Fsp3) is 0.0588. The Hall–Kier alpha value is -3.51. The third kappa shape index (κ3) is 4.50. The van der Waals surface area contributed by atoms with Crippen LogP contribution in [0.1, 0.15) is 0 Å². The number of carbonyl (C=O) groups is 1. The van der Waals surface area contributed by atoms with Crippen LogP contribution in [0, 0.1) is 10.1 Å². The molecule has 29 heavy (non-hydrogen) atoms. The summed E-state index contributed by atoms with van der Waals surface area (Å²) in [5.41, 5.74) is 1.34. The van der Waals surface area contributed by atoms with Crippen molar-refractivity contribution in [3.63, 3.8) is 0 Å². The van der Waals surface area contributed by atoms with Gasteiger partial charge >= 0.3 is 0 Å². The number of nitro benzene ring substituents is 1. The summed E-state index contributed by atoms with van der Waals surface area (Å²) in [5, 5.41) is 23.6. The van der Waals surface area contributed by atoms with Crippen molar-refractivity contribution >= 4 is 39.8 Å². The second-order valence-corrected chi connectivity index (χ2v) is 7.31. The fourth-order valence-electron chi connectivity index (χ4n) is 2.27. The molecule has 0 aliphatic carbocycles. The van der Waals surface area contributed by atoms with Gasteiger partial charge in [-0.15, -0.1) is 21.5 Å². The summed E-state index contributed by atoms with van der Waals surface area (Å²) in [6, 6.07) is 9.44. The Kier molecular flexibility index (Phi) is 5.35. The molecule has 0 atom stereocenters. The number of thioether (sulfide) groups is 1. The summed E-state index contributed by atoms with van der Waals surface area (Å²) in [6.45, 7) is 0. The van der Waals surface area contributed by atoms with Gasteiger partial charge in [-0.3, -0.25) is 14.9 Å². The number of benzene rings is 1. The number of furan rings is 1. The normalized spacial score (nSPS) is 10.8. The van der Waals surface area contributed by atoms with Gasteiger partial charge in [0.15, 0.2) is 10.9 Å². The van der Waals surface area contributed by atoms with Crippen molar-refractivity contribution in [1.29, 1.82) is 0 Å². The van der Waals surface area contributed by atoms with Gasteiger partial charge in [0, 0.05) is 23.1 Å². The van der Waals surface area contributed by atoms with Crippen LogP contribution in [0.5, 0.6) is 0 Å². The Morgan fingerprint density at radius 1 is 1.24 bits per heavy atom. The average molecular weight is 429 g/mol. The van der Waals surface area contributed by atoms with Crippen LogP contribution >= 0.6 is 23.1 Å². The fourth-order valence-corrected chi connectivity index (χ4v) is 3.57. The van der Waals surface area contributed by atoms with E-state index >= 15 is 0 Å². The molecule has 0 saturated carbocycles. The first-order valence-corrected chi connectivity index (χ1v) is 9.95. The van der Waals surface area contributed by atoms with E-state index in [9.17, 15) is 14.9 Å². The molecule has 1 amide bonds. The SMILES string of the molecule is O=C(CSc1nnc(-c2ccco2)o1)Nc1nc(-c2ccc([N+](=O)[O-])cc2)cs1. The Bertz CT molecular complexity index is 1140. The standard InChI is InChI=1S/C17H11N5O5S2/c23-14(9-29-17-21-20-15(27-17)13-2-1-7-26-13)19-16-18-12(8-28-16)10-3-5-11(6-4-10)22(24)25/h1-8H,9H2,(H,18,19,23). The zero-order chi connectivity index (χ0) is 20.2. The van der Waals surface area contributed by atoms with E-state index in [1.807, 2.05) is 0 Å². The van der Waals surface area contributed by atoms with Crippen LogP contribution in [0.2, 0.25) is 0 Å². The summed E-state index contributed by atoms with van der Waals surface area (Å²) < 4.78 is 10.6. The topological polar surface area (TPSA) is 137 Å². The molecule has 10 nitrogen and oxygen atoms in total. The lowest BCUT2D eigenvalue weighted by Gasteiger charge is -1.99. The van der Waals surface area contributed by atoms with Gasteiger partial charge in [0.1, 0.15) is 0 Å². The molecule has 0 bridgehead atoms. The van der Waals surface area contributed by atoms with Crippen LogP contribution in [0.25, 0.3) is 22.9 Å². The van der Waals surface area contributed by atoms with E-state index in [4.69, 9.17) is 8.83 Å². The Balaban J connectivity index is 1.33. The first kappa shape index (κ1) is 18.8. The summed E-state index contributed by atoms with van der Waals surface area (Å²) >= 11 is 2.35. The number of amides is 1. The van der Waals surface area contributed by atoms with Gasteiger partial charge in [-0.2, -0.15) is 0 Å². The third-order valence-electron chi connectivity index (χ3n) is 3.59. The highest BCUT2D eigenvalue weighted by Gasteiger charge is 2.14. The molecule has 4 rings (SSSR count). The van der Waals surface area contributed by atoms with E-state index in [0.29, 0.717) is 16.6 Å². The van der Waals surface area contributed by atoms with Gasteiger partial charge in [0.25, 0.3) is 16.8 Å². The van der Waals surface area contributed by atoms with Gasteiger partial charge < -0.3 is 14.2 Å². The zero-order valence-electron chi connectivity index (χ0n) is 14.5. The first-order chi connectivity index (χ1) is 14.1. The molecule has 0 fully saturated rings. The minimum atomic E-state index is -0.463. The van der Waals surface area contributed by atoms with Crippen molar-refractivity contribution in [3.05, 3.63) is 58.2 Å². The number of hydrogen-bond donors (Lipinski definition) is 1. The molecule has 0 aliphatic rings. The molecule has 146 valence electrons. The minimum Gasteiger partial charge on any atom is -0.459 e. The van der Waals surface area contributed by atoms with Crippen LogP contribution < -0.4 is 5.32 Å². The number of nitro groups is 1. The minimum absolute atomic E-state index is 0.00533. The average Bonchev–Trinajstić information content (AvgIpc) is 3.47. The van der Waals surface area contributed by atoms with Crippen molar-refractivity contribution in [3.8, 4) is 22.9 Å². The first-order valence-electron chi connectivity index (χ1n) is 8.09. The van der Waals surface area contributed by atoms with Crippen molar-refractivity contribution in [2.45, 2.75) is 5.22 Å². The quantitative estimate of drug-likeness (QED) is 0.261. The molecule has 1 aromatic carbocycles. The molecular formula is C17H11N5O5S2. The molecule has 0 spiro atoms. The number of aromatic nitrogens is 3. The van der Waals surface area contributed by atoms with E-state index in [-0.39, 0.29) is 28.5 Å². The van der Waals surface area contributed by atoms with Gasteiger partial charge in [-0.1, -0.05) is 11.8 Å². The van der Waals surface area contributed by atoms with Gasteiger partial charge in [-0.05, 0) is 24.3 Å². The summed E-state index contributed by atoms with van der Waals surface area (Å²) in [5.74, 6) is 0.477. The number of hydrogen-bond acceptors (Lipinski definition) is 10. The molecule has 1 N–H and O–H groups in total. The molecule has 0 unspecified atom stereocenters. The predicted molar refractivity (Wildman–Crippen MR) is 106 cm³/mol. The lowest BCUT2D eigenvalue weighted by molar-refractivity contribution is -0.384. The van der Waals surface area contributed by atoms with Crippen LogP contribution in [0.3, 0.4) is 0 Å². The summed E-state index contributed by atoms with van der Waals surface area (Å²) in [7, 11) is 0. The van der Waals surface area contributed by atoms with E-state index < -0.39 is 4.92 Å². The summed E-state index contributed by atoms with van der Waals surface area (Å²) in [6.07, 6.45) is 1.50. The molecular weight excluding hydrogens is 418 g/mol. The van der Waals surface area contributed by atoms with E-state index in [1.54, 1.807) is 29.6 Å². The van der Waals surface area contributed by atoms with E-state index in [0.717, 1.165) is 17.3 Å². The zero-order valence-corrected chi connectivity index (χ0v) is 16.1. The van der Waals surface area contributed by atoms with Crippen LogP contribution in [-0.4, -0.2) is 31.8 Å². The third-order valence-corrected chi connectivity index (χ3v) is 5.17. The Morgan fingerprint density at radius 2 is 2.07 bits per heavy atom. The maximum atomic E-state index is 12.1. The van der Waals surface area contributed by atoms with Crippen LogP contribution in [0.15, 0.2) is 62.1 Å².